The summed E-state index contributed by atoms with van der Waals surface area (Å²) in [6, 6.07) is 3.97. The predicted molar refractivity (Wildman–Crippen MR) is 65.5 cm³/mol. The van der Waals surface area contributed by atoms with Gasteiger partial charge in [-0.15, -0.1) is 0 Å². The first-order valence-corrected chi connectivity index (χ1v) is 6.24. The highest BCUT2D eigenvalue weighted by Crippen LogP contribution is 2.40. The van der Waals surface area contributed by atoms with Crippen LogP contribution in [0.25, 0.3) is 0 Å². The Kier molecular flexibility index (Phi) is 3.77. The standard InChI is InChI=1S/C14H19NO2/c1-17-13(16)14(7-3-2-4-8-14)11-12-5-9-15-10-6-12/h5-6,9-10H,2-4,7-8,11H2,1H3. The Hall–Kier alpha value is -1.38. The van der Waals surface area contributed by atoms with Crippen molar-refractivity contribution in [3.05, 3.63) is 30.1 Å². The van der Waals surface area contributed by atoms with Crippen LogP contribution in [0.3, 0.4) is 0 Å². The molecule has 0 atom stereocenters. The van der Waals surface area contributed by atoms with E-state index in [1.54, 1.807) is 12.4 Å². The molecule has 17 heavy (non-hydrogen) atoms. The van der Waals surface area contributed by atoms with Crippen molar-refractivity contribution in [3.63, 3.8) is 0 Å². The highest BCUT2D eigenvalue weighted by atomic mass is 16.5. The van der Waals surface area contributed by atoms with Crippen LogP contribution in [-0.4, -0.2) is 18.1 Å². The van der Waals surface area contributed by atoms with Gasteiger partial charge in [-0.05, 0) is 37.0 Å². The Labute approximate surface area is 102 Å². The van der Waals surface area contributed by atoms with Gasteiger partial charge in [-0.25, -0.2) is 0 Å². The molecule has 1 fully saturated rings. The summed E-state index contributed by atoms with van der Waals surface area (Å²) >= 11 is 0. The summed E-state index contributed by atoms with van der Waals surface area (Å²) in [6.45, 7) is 0. The summed E-state index contributed by atoms with van der Waals surface area (Å²) in [4.78, 5) is 16.1. The van der Waals surface area contributed by atoms with Gasteiger partial charge in [0.25, 0.3) is 0 Å². The quantitative estimate of drug-likeness (QED) is 0.753. The van der Waals surface area contributed by atoms with E-state index in [1.165, 1.54) is 19.1 Å². The maximum absolute atomic E-state index is 12.1. The van der Waals surface area contributed by atoms with Crippen LogP contribution in [-0.2, 0) is 16.0 Å². The Bertz CT molecular complexity index is 369. The molecule has 2 rings (SSSR count). The summed E-state index contributed by atoms with van der Waals surface area (Å²) in [6.07, 6.45) is 9.72. The van der Waals surface area contributed by atoms with E-state index >= 15 is 0 Å². The summed E-state index contributed by atoms with van der Waals surface area (Å²) in [7, 11) is 1.49. The zero-order chi connectivity index (χ0) is 12.1. The Morgan fingerprint density at radius 2 is 1.94 bits per heavy atom. The van der Waals surface area contributed by atoms with Gasteiger partial charge >= 0.3 is 5.97 Å². The number of ether oxygens (including phenoxy) is 1. The number of hydrogen-bond donors (Lipinski definition) is 0. The van der Waals surface area contributed by atoms with E-state index in [9.17, 15) is 4.79 Å². The van der Waals surface area contributed by atoms with Gasteiger partial charge in [0, 0.05) is 12.4 Å². The largest absolute Gasteiger partial charge is 0.469 e. The summed E-state index contributed by atoms with van der Waals surface area (Å²) in [5.41, 5.74) is 0.876. The van der Waals surface area contributed by atoms with E-state index in [1.807, 2.05) is 12.1 Å². The Morgan fingerprint density at radius 3 is 2.53 bits per heavy atom. The molecule has 1 aromatic heterocycles. The van der Waals surface area contributed by atoms with Crippen LogP contribution in [0, 0.1) is 5.41 Å². The molecule has 0 bridgehead atoms. The lowest BCUT2D eigenvalue weighted by Gasteiger charge is -2.34. The molecule has 1 aliphatic carbocycles. The average Bonchev–Trinajstić information content (AvgIpc) is 2.40. The number of carbonyl (C=O) groups excluding carboxylic acids is 1. The third kappa shape index (κ3) is 2.65. The first kappa shape index (κ1) is 12.1. The van der Waals surface area contributed by atoms with E-state index < -0.39 is 0 Å². The number of esters is 1. The number of methoxy groups -OCH3 is 1. The third-order valence-corrected chi connectivity index (χ3v) is 3.72. The second-order valence-corrected chi connectivity index (χ2v) is 4.86. The molecule has 0 unspecified atom stereocenters. The molecule has 0 N–H and O–H groups in total. The molecule has 3 nitrogen and oxygen atoms in total. The van der Waals surface area contributed by atoms with Gasteiger partial charge in [-0.2, -0.15) is 0 Å². The number of carbonyl (C=O) groups is 1. The highest BCUT2D eigenvalue weighted by Gasteiger charge is 2.40. The number of nitrogens with zero attached hydrogens (tertiary/aromatic N) is 1. The van der Waals surface area contributed by atoms with Crippen molar-refractivity contribution in [1.82, 2.24) is 4.98 Å². The van der Waals surface area contributed by atoms with E-state index in [-0.39, 0.29) is 11.4 Å². The van der Waals surface area contributed by atoms with Crippen LogP contribution in [0.15, 0.2) is 24.5 Å². The van der Waals surface area contributed by atoms with Crippen LogP contribution in [0.4, 0.5) is 0 Å². The summed E-state index contributed by atoms with van der Waals surface area (Å²) in [5, 5.41) is 0. The topological polar surface area (TPSA) is 39.2 Å². The molecular formula is C14H19NO2. The molecule has 1 saturated carbocycles. The number of aromatic nitrogens is 1. The van der Waals surface area contributed by atoms with E-state index in [0.29, 0.717) is 0 Å². The summed E-state index contributed by atoms with van der Waals surface area (Å²) in [5.74, 6) is -0.0472. The van der Waals surface area contributed by atoms with Gasteiger partial charge in [0.1, 0.15) is 0 Å². The van der Waals surface area contributed by atoms with Crippen LogP contribution >= 0.6 is 0 Å². The van der Waals surface area contributed by atoms with Crippen molar-refractivity contribution in [2.45, 2.75) is 38.5 Å². The molecular weight excluding hydrogens is 214 g/mol. The summed E-state index contributed by atoms with van der Waals surface area (Å²) < 4.78 is 5.01. The van der Waals surface area contributed by atoms with Crippen molar-refractivity contribution >= 4 is 5.97 Å². The molecule has 92 valence electrons. The molecule has 1 heterocycles. The van der Waals surface area contributed by atoms with Crippen molar-refractivity contribution in [2.24, 2.45) is 5.41 Å². The van der Waals surface area contributed by atoms with E-state index in [2.05, 4.69) is 4.98 Å². The van der Waals surface area contributed by atoms with Crippen molar-refractivity contribution < 1.29 is 9.53 Å². The minimum Gasteiger partial charge on any atom is -0.469 e. The number of rotatable bonds is 3. The average molecular weight is 233 g/mol. The zero-order valence-corrected chi connectivity index (χ0v) is 10.3. The highest BCUT2D eigenvalue weighted by molar-refractivity contribution is 5.77. The van der Waals surface area contributed by atoms with E-state index in [0.717, 1.165) is 32.1 Å². The van der Waals surface area contributed by atoms with Gasteiger partial charge in [0.2, 0.25) is 0 Å². The Morgan fingerprint density at radius 1 is 1.29 bits per heavy atom. The molecule has 0 aromatic carbocycles. The maximum Gasteiger partial charge on any atom is 0.312 e. The lowest BCUT2D eigenvalue weighted by Crippen LogP contribution is -2.36. The van der Waals surface area contributed by atoms with Crippen LogP contribution in [0.1, 0.15) is 37.7 Å². The molecule has 1 aromatic rings. The molecule has 0 aliphatic heterocycles. The van der Waals surface area contributed by atoms with Gasteiger partial charge in [0.15, 0.2) is 0 Å². The lowest BCUT2D eigenvalue weighted by molar-refractivity contribution is -0.154. The van der Waals surface area contributed by atoms with Crippen molar-refractivity contribution in [2.75, 3.05) is 7.11 Å². The molecule has 0 saturated heterocycles. The minimum atomic E-state index is -0.297. The van der Waals surface area contributed by atoms with Crippen LogP contribution in [0.5, 0.6) is 0 Å². The fourth-order valence-corrected chi connectivity index (χ4v) is 2.79. The second-order valence-electron chi connectivity index (χ2n) is 4.86. The van der Waals surface area contributed by atoms with Crippen molar-refractivity contribution in [1.29, 1.82) is 0 Å². The third-order valence-electron chi connectivity index (χ3n) is 3.72. The fourth-order valence-electron chi connectivity index (χ4n) is 2.79. The molecule has 3 heteroatoms. The SMILES string of the molecule is COC(=O)C1(Cc2ccncc2)CCCCC1. The molecule has 0 amide bonds. The molecule has 0 radical (unpaired) electrons. The predicted octanol–water partition coefficient (Wildman–Crippen LogP) is 2.75. The minimum absolute atomic E-state index is 0.0472. The van der Waals surface area contributed by atoms with Crippen LogP contribution < -0.4 is 0 Å². The number of hydrogen-bond acceptors (Lipinski definition) is 3. The normalized spacial score (nSPS) is 18.6. The number of pyridine rings is 1. The monoisotopic (exact) mass is 233 g/mol. The molecule has 1 aliphatic rings. The smallest absolute Gasteiger partial charge is 0.312 e. The van der Waals surface area contributed by atoms with Gasteiger partial charge in [0.05, 0.1) is 12.5 Å². The van der Waals surface area contributed by atoms with Gasteiger partial charge in [-0.1, -0.05) is 19.3 Å². The zero-order valence-electron chi connectivity index (χ0n) is 10.3. The second kappa shape index (κ2) is 5.30. The van der Waals surface area contributed by atoms with Gasteiger partial charge in [-0.3, -0.25) is 9.78 Å². The fraction of sp³-hybridized carbons (Fsp3) is 0.571. The first-order chi connectivity index (χ1) is 8.27. The van der Waals surface area contributed by atoms with E-state index in [4.69, 9.17) is 4.74 Å². The maximum atomic E-state index is 12.1. The van der Waals surface area contributed by atoms with Crippen molar-refractivity contribution in [3.8, 4) is 0 Å². The van der Waals surface area contributed by atoms with Gasteiger partial charge < -0.3 is 4.74 Å². The Balaban J connectivity index is 2.19. The first-order valence-electron chi connectivity index (χ1n) is 6.24. The van der Waals surface area contributed by atoms with Crippen LogP contribution in [0.2, 0.25) is 0 Å². The lowest BCUT2D eigenvalue weighted by atomic mass is 9.70. The molecule has 0 spiro atoms.